The molecule has 1 saturated heterocycles. The third kappa shape index (κ3) is 3.23. The van der Waals surface area contributed by atoms with Gasteiger partial charge < -0.3 is 19.9 Å². The molecule has 0 spiro atoms. The summed E-state index contributed by atoms with van der Waals surface area (Å²) >= 11 is 0. The molecule has 2 aliphatic rings. The van der Waals surface area contributed by atoms with Crippen LogP contribution < -0.4 is 10.9 Å². The number of benzene rings is 1. The zero-order chi connectivity index (χ0) is 19.0. The number of fused-ring (bicyclic) bond motifs is 2. The van der Waals surface area contributed by atoms with Crippen LogP contribution in [0.15, 0.2) is 35.1 Å². The van der Waals surface area contributed by atoms with Gasteiger partial charge in [-0.15, -0.1) is 0 Å². The third-order valence-corrected chi connectivity index (χ3v) is 5.68. The third-order valence-electron chi connectivity index (χ3n) is 5.68. The standard InChI is InChI=1S/C20H23N3O4/c1-21-19(25)12-6-7-17-16(10-12)23(8-9-27-17)20(26)14-11-18(24)22-15-5-3-2-4-13(14)15/h2-5,11-12,16-17H,6-10H2,1H3,(H,21,25)(H,22,24)/t12-,16+,17+/m0/s1. The number of rotatable bonds is 2. The van der Waals surface area contributed by atoms with E-state index in [2.05, 4.69) is 10.3 Å². The van der Waals surface area contributed by atoms with Gasteiger partial charge in [0.1, 0.15) is 0 Å². The predicted molar refractivity (Wildman–Crippen MR) is 101 cm³/mol. The van der Waals surface area contributed by atoms with E-state index in [1.807, 2.05) is 18.2 Å². The topological polar surface area (TPSA) is 91.5 Å². The van der Waals surface area contributed by atoms with Crippen LogP contribution in [0.3, 0.4) is 0 Å². The summed E-state index contributed by atoms with van der Waals surface area (Å²) in [6.45, 7) is 0.931. The van der Waals surface area contributed by atoms with Crippen molar-refractivity contribution < 1.29 is 14.3 Å². The Balaban J connectivity index is 1.68. The Labute approximate surface area is 156 Å². The lowest BCUT2D eigenvalue weighted by molar-refractivity contribution is -0.131. The summed E-state index contributed by atoms with van der Waals surface area (Å²) in [6, 6.07) is 8.52. The van der Waals surface area contributed by atoms with E-state index in [-0.39, 0.29) is 35.4 Å². The van der Waals surface area contributed by atoms with Crippen LogP contribution in [0.5, 0.6) is 0 Å². The molecule has 2 N–H and O–H groups in total. The number of morpholine rings is 1. The van der Waals surface area contributed by atoms with Crippen LogP contribution >= 0.6 is 0 Å². The number of carbonyl (C=O) groups is 2. The van der Waals surface area contributed by atoms with E-state index < -0.39 is 0 Å². The van der Waals surface area contributed by atoms with E-state index in [4.69, 9.17) is 4.74 Å². The molecular weight excluding hydrogens is 346 g/mol. The van der Waals surface area contributed by atoms with Crippen molar-refractivity contribution in [2.45, 2.75) is 31.4 Å². The van der Waals surface area contributed by atoms with Crippen molar-refractivity contribution in [1.82, 2.24) is 15.2 Å². The minimum absolute atomic E-state index is 0.00743. The minimum atomic E-state index is -0.297. The molecule has 27 heavy (non-hydrogen) atoms. The van der Waals surface area contributed by atoms with E-state index in [1.165, 1.54) is 6.07 Å². The van der Waals surface area contributed by atoms with Crippen LogP contribution in [0.2, 0.25) is 0 Å². The fourth-order valence-corrected chi connectivity index (χ4v) is 4.34. The second-order valence-electron chi connectivity index (χ2n) is 7.19. The number of ether oxygens (including phenoxy) is 1. The molecule has 1 aromatic heterocycles. The van der Waals surface area contributed by atoms with Gasteiger partial charge in [-0.2, -0.15) is 0 Å². The highest BCUT2D eigenvalue weighted by molar-refractivity contribution is 6.06. The zero-order valence-electron chi connectivity index (χ0n) is 15.2. The van der Waals surface area contributed by atoms with Gasteiger partial charge in [-0.1, -0.05) is 18.2 Å². The van der Waals surface area contributed by atoms with Crippen LogP contribution in [0.4, 0.5) is 0 Å². The molecule has 4 rings (SSSR count). The Kier molecular flexibility index (Phi) is 4.70. The lowest BCUT2D eigenvalue weighted by Gasteiger charge is -2.45. The highest BCUT2D eigenvalue weighted by Gasteiger charge is 2.42. The van der Waals surface area contributed by atoms with Gasteiger partial charge in [0.25, 0.3) is 5.91 Å². The number of pyridine rings is 1. The van der Waals surface area contributed by atoms with Crippen molar-refractivity contribution in [3.63, 3.8) is 0 Å². The number of carbonyl (C=O) groups excluding carboxylic acids is 2. The van der Waals surface area contributed by atoms with E-state index in [9.17, 15) is 14.4 Å². The van der Waals surface area contributed by atoms with E-state index >= 15 is 0 Å². The second kappa shape index (κ2) is 7.15. The zero-order valence-corrected chi connectivity index (χ0v) is 15.2. The van der Waals surface area contributed by atoms with Crippen LogP contribution in [-0.2, 0) is 9.53 Å². The van der Waals surface area contributed by atoms with Crippen molar-refractivity contribution in [2.75, 3.05) is 20.2 Å². The molecule has 7 heteroatoms. The molecule has 142 valence electrons. The molecule has 0 unspecified atom stereocenters. The Morgan fingerprint density at radius 1 is 1.26 bits per heavy atom. The lowest BCUT2D eigenvalue weighted by atomic mass is 9.81. The van der Waals surface area contributed by atoms with Crippen LogP contribution in [0.25, 0.3) is 10.9 Å². The van der Waals surface area contributed by atoms with Crippen molar-refractivity contribution in [3.05, 3.63) is 46.2 Å². The lowest BCUT2D eigenvalue weighted by Crippen LogP contribution is -2.57. The number of aromatic amines is 1. The number of aromatic nitrogens is 1. The van der Waals surface area contributed by atoms with Gasteiger partial charge in [0.05, 0.1) is 24.3 Å². The first-order valence-corrected chi connectivity index (χ1v) is 9.34. The molecule has 0 radical (unpaired) electrons. The normalized spacial score (nSPS) is 25.1. The van der Waals surface area contributed by atoms with Gasteiger partial charge in [0.2, 0.25) is 11.5 Å². The fourth-order valence-electron chi connectivity index (χ4n) is 4.34. The molecule has 0 bridgehead atoms. The number of para-hydroxylation sites is 1. The maximum atomic E-state index is 13.4. The highest BCUT2D eigenvalue weighted by atomic mass is 16.5. The largest absolute Gasteiger partial charge is 0.374 e. The molecule has 2 heterocycles. The summed E-state index contributed by atoms with van der Waals surface area (Å²) < 4.78 is 5.88. The summed E-state index contributed by atoms with van der Waals surface area (Å²) in [5, 5.41) is 3.43. The molecule has 1 saturated carbocycles. The molecule has 1 aliphatic heterocycles. The summed E-state index contributed by atoms with van der Waals surface area (Å²) in [5.74, 6) is -0.287. The van der Waals surface area contributed by atoms with Gasteiger partial charge in [-0.05, 0) is 25.3 Å². The molecule has 2 aromatic rings. The summed E-state index contributed by atoms with van der Waals surface area (Å²) in [6.07, 6.45) is 2.04. The van der Waals surface area contributed by atoms with Gasteiger partial charge >= 0.3 is 0 Å². The number of nitrogens with zero attached hydrogens (tertiary/aromatic N) is 1. The van der Waals surface area contributed by atoms with Crippen LogP contribution in [0, 0.1) is 5.92 Å². The summed E-state index contributed by atoms with van der Waals surface area (Å²) in [7, 11) is 1.64. The summed E-state index contributed by atoms with van der Waals surface area (Å²) in [4.78, 5) is 42.1. The highest BCUT2D eigenvalue weighted by Crippen LogP contribution is 2.33. The predicted octanol–water partition coefficient (Wildman–Crippen LogP) is 1.28. The number of amides is 2. The first-order valence-electron chi connectivity index (χ1n) is 9.34. The van der Waals surface area contributed by atoms with Gasteiger partial charge in [0, 0.05) is 36.5 Å². The number of hydrogen-bond acceptors (Lipinski definition) is 4. The van der Waals surface area contributed by atoms with Crippen LogP contribution in [0.1, 0.15) is 29.6 Å². The average Bonchev–Trinajstić information content (AvgIpc) is 2.71. The second-order valence-corrected chi connectivity index (χ2v) is 7.19. The smallest absolute Gasteiger partial charge is 0.255 e. The number of nitrogens with one attached hydrogen (secondary N) is 2. The minimum Gasteiger partial charge on any atom is -0.374 e. The molecule has 1 aliphatic carbocycles. The Morgan fingerprint density at radius 2 is 2.07 bits per heavy atom. The fraction of sp³-hybridized carbons (Fsp3) is 0.450. The Hall–Kier alpha value is -2.67. The maximum absolute atomic E-state index is 13.4. The first kappa shape index (κ1) is 17.7. The number of hydrogen-bond donors (Lipinski definition) is 2. The molecule has 2 fully saturated rings. The van der Waals surface area contributed by atoms with E-state index in [0.717, 1.165) is 18.2 Å². The van der Waals surface area contributed by atoms with Crippen LogP contribution in [-0.4, -0.2) is 54.0 Å². The van der Waals surface area contributed by atoms with Gasteiger partial charge in [-0.25, -0.2) is 0 Å². The first-order chi connectivity index (χ1) is 13.1. The SMILES string of the molecule is CNC(=O)[C@H]1CC[C@H]2OCCN(C(=O)c3cc(=O)[nH]c4ccccc34)[C@@H]2C1. The molecule has 7 nitrogen and oxygen atoms in total. The molecular formula is C20H23N3O4. The van der Waals surface area contributed by atoms with E-state index in [0.29, 0.717) is 30.7 Å². The van der Waals surface area contributed by atoms with Crippen molar-refractivity contribution in [2.24, 2.45) is 5.92 Å². The van der Waals surface area contributed by atoms with Crippen molar-refractivity contribution in [1.29, 1.82) is 0 Å². The quantitative estimate of drug-likeness (QED) is 0.834. The maximum Gasteiger partial charge on any atom is 0.255 e. The monoisotopic (exact) mass is 369 g/mol. The van der Waals surface area contributed by atoms with Gasteiger partial charge in [0.15, 0.2) is 0 Å². The molecule has 2 amide bonds. The van der Waals surface area contributed by atoms with Gasteiger partial charge in [-0.3, -0.25) is 14.4 Å². The Morgan fingerprint density at radius 3 is 2.89 bits per heavy atom. The van der Waals surface area contributed by atoms with Crippen molar-refractivity contribution >= 4 is 22.7 Å². The van der Waals surface area contributed by atoms with Crippen molar-refractivity contribution in [3.8, 4) is 0 Å². The molecule has 3 atom stereocenters. The average molecular weight is 369 g/mol. The Bertz CT molecular complexity index is 938. The molecule has 1 aromatic carbocycles. The number of H-pyrrole nitrogens is 1. The summed E-state index contributed by atoms with van der Waals surface area (Å²) in [5.41, 5.74) is 0.746. The van der Waals surface area contributed by atoms with E-state index in [1.54, 1.807) is 18.0 Å².